The molecule has 13 heteroatoms. The number of carbonyl (C=O) groups is 2. The Kier molecular flexibility index (Phi) is 8.67. The number of nitriles is 1. The fourth-order valence-electron chi connectivity index (χ4n) is 3.46. The maximum atomic E-state index is 13.4. The quantitative estimate of drug-likeness (QED) is 0.291. The summed E-state index contributed by atoms with van der Waals surface area (Å²) in [5.74, 6) is -1.22. The minimum absolute atomic E-state index is 0.0487. The lowest BCUT2D eigenvalue weighted by atomic mass is 10.1. The summed E-state index contributed by atoms with van der Waals surface area (Å²) in [5.41, 5.74) is -0.754. The van der Waals surface area contributed by atoms with E-state index in [2.05, 4.69) is 44.6 Å². The van der Waals surface area contributed by atoms with Crippen molar-refractivity contribution in [1.29, 1.82) is 5.26 Å². The summed E-state index contributed by atoms with van der Waals surface area (Å²) in [4.78, 5) is 33.1. The van der Waals surface area contributed by atoms with Crippen LogP contribution in [0.15, 0.2) is 48.8 Å². The van der Waals surface area contributed by atoms with Gasteiger partial charge in [-0.05, 0) is 41.8 Å². The van der Waals surface area contributed by atoms with Crippen LogP contribution in [0.1, 0.15) is 49.3 Å². The molecular formula is C24H20F4N6O2S. The van der Waals surface area contributed by atoms with Crippen molar-refractivity contribution < 1.29 is 27.2 Å². The van der Waals surface area contributed by atoms with Crippen molar-refractivity contribution in [2.24, 2.45) is 0 Å². The second kappa shape index (κ2) is 11.7. The van der Waals surface area contributed by atoms with Crippen molar-refractivity contribution in [3.63, 3.8) is 0 Å². The van der Waals surface area contributed by atoms with Crippen LogP contribution in [0.3, 0.4) is 0 Å². The molecular weight excluding hydrogens is 512 g/mol. The number of halogens is 4. The number of alkyl halides is 3. The molecule has 1 unspecified atom stereocenters. The molecule has 0 bridgehead atoms. The van der Waals surface area contributed by atoms with Gasteiger partial charge in [0.25, 0.3) is 11.8 Å². The standard InChI is InChI=1S/C23H19FN6O2.CHF3S/c1-13-6-15(3-5-17(13)24)10-27-22(31)19-8-20(29-12-28-19)23(32)30-21-11-26-18-7-14(9-25)2-4-16(18)21;2-1(3,4)5/h2-8,12,21,26H,10-11H2,1H3,(H,27,31)(H,30,32);5H. The SMILES string of the molecule is Cc1cc(CNC(=O)c2cc(C(=O)NC3CNc4cc(C#N)ccc43)ncn2)ccc1F.FC(F)(F)S. The third kappa shape index (κ3) is 7.91. The summed E-state index contributed by atoms with van der Waals surface area (Å²) in [6, 6.07) is 12.9. The van der Waals surface area contributed by atoms with E-state index in [1.54, 1.807) is 37.3 Å². The third-order valence-electron chi connectivity index (χ3n) is 5.17. The van der Waals surface area contributed by atoms with E-state index in [1.807, 2.05) is 0 Å². The summed E-state index contributed by atoms with van der Waals surface area (Å²) in [6.07, 6.45) is 1.16. The van der Waals surface area contributed by atoms with Gasteiger partial charge in [-0.25, -0.2) is 14.4 Å². The van der Waals surface area contributed by atoms with E-state index in [1.165, 1.54) is 12.1 Å². The van der Waals surface area contributed by atoms with Crippen molar-refractivity contribution in [2.45, 2.75) is 25.0 Å². The molecule has 2 aromatic carbocycles. The Bertz CT molecular complexity index is 1350. The molecule has 1 aliphatic heterocycles. The normalized spacial score (nSPS) is 13.8. The fraction of sp³-hybridized carbons (Fsp3) is 0.208. The third-order valence-corrected chi connectivity index (χ3v) is 5.17. The largest absolute Gasteiger partial charge is 0.438 e. The molecule has 0 aliphatic carbocycles. The maximum Gasteiger partial charge on any atom is 0.438 e. The van der Waals surface area contributed by atoms with Crippen LogP contribution < -0.4 is 16.0 Å². The Morgan fingerprint density at radius 2 is 1.81 bits per heavy atom. The molecule has 3 aromatic rings. The van der Waals surface area contributed by atoms with Crippen LogP contribution in [-0.2, 0) is 6.54 Å². The first-order valence-corrected chi connectivity index (χ1v) is 11.1. The number of hydrogen-bond acceptors (Lipinski definition) is 7. The van der Waals surface area contributed by atoms with Gasteiger partial charge in [-0.15, -0.1) is 0 Å². The van der Waals surface area contributed by atoms with Gasteiger partial charge in [0.15, 0.2) is 0 Å². The van der Waals surface area contributed by atoms with E-state index in [-0.39, 0.29) is 29.8 Å². The van der Waals surface area contributed by atoms with Gasteiger partial charge in [0, 0.05) is 24.8 Å². The monoisotopic (exact) mass is 532 g/mol. The molecule has 2 heterocycles. The molecule has 8 nitrogen and oxygen atoms in total. The number of nitrogens with one attached hydrogen (secondary N) is 3. The van der Waals surface area contributed by atoms with Crippen molar-refractivity contribution in [3.8, 4) is 6.07 Å². The van der Waals surface area contributed by atoms with Gasteiger partial charge in [-0.3, -0.25) is 9.59 Å². The van der Waals surface area contributed by atoms with Gasteiger partial charge in [-0.2, -0.15) is 18.4 Å². The zero-order chi connectivity index (χ0) is 27.2. The average Bonchev–Trinajstić information content (AvgIpc) is 3.25. The molecule has 0 spiro atoms. The number of amides is 2. The van der Waals surface area contributed by atoms with Crippen LogP contribution in [-0.4, -0.2) is 33.8 Å². The smallest absolute Gasteiger partial charge is 0.382 e. The number of thiol groups is 1. The molecule has 0 radical (unpaired) electrons. The minimum atomic E-state index is -4.31. The second-order valence-electron chi connectivity index (χ2n) is 7.84. The van der Waals surface area contributed by atoms with Crippen molar-refractivity contribution >= 4 is 30.1 Å². The predicted octanol–water partition coefficient (Wildman–Crippen LogP) is 4.06. The number of aromatic nitrogens is 2. The Morgan fingerprint density at radius 1 is 1.14 bits per heavy atom. The summed E-state index contributed by atoms with van der Waals surface area (Å²) >= 11 is 2.12. The number of rotatable bonds is 5. The van der Waals surface area contributed by atoms with Gasteiger partial charge in [0.05, 0.1) is 17.7 Å². The molecule has 2 amide bonds. The van der Waals surface area contributed by atoms with E-state index in [0.29, 0.717) is 17.7 Å². The highest BCUT2D eigenvalue weighted by Gasteiger charge is 2.25. The molecule has 1 aromatic heterocycles. The van der Waals surface area contributed by atoms with E-state index in [0.717, 1.165) is 23.1 Å². The number of fused-ring (bicyclic) bond motifs is 1. The molecule has 1 aliphatic rings. The first-order valence-electron chi connectivity index (χ1n) is 10.7. The first-order chi connectivity index (χ1) is 17.4. The average molecular weight is 533 g/mol. The van der Waals surface area contributed by atoms with Gasteiger partial charge >= 0.3 is 5.51 Å². The Balaban J connectivity index is 0.000000695. The highest BCUT2D eigenvalue weighted by atomic mass is 32.1. The molecule has 1 atom stereocenters. The lowest BCUT2D eigenvalue weighted by molar-refractivity contribution is -0.0304. The van der Waals surface area contributed by atoms with Gasteiger partial charge in [-0.1, -0.05) is 30.8 Å². The molecule has 3 N–H and O–H groups in total. The predicted molar refractivity (Wildman–Crippen MR) is 129 cm³/mol. The van der Waals surface area contributed by atoms with E-state index in [4.69, 9.17) is 5.26 Å². The highest BCUT2D eigenvalue weighted by molar-refractivity contribution is 7.81. The van der Waals surface area contributed by atoms with Crippen LogP contribution in [0.2, 0.25) is 0 Å². The Hall–Kier alpha value is -4.18. The maximum absolute atomic E-state index is 13.4. The second-order valence-corrected chi connectivity index (χ2v) is 8.35. The van der Waals surface area contributed by atoms with Gasteiger partial charge in [0.1, 0.15) is 23.5 Å². The van der Waals surface area contributed by atoms with Crippen molar-refractivity contribution in [2.75, 3.05) is 11.9 Å². The summed E-state index contributed by atoms with van der Waals surface area (Å²) < 4.78 is 44.0. The lowest BCUT2D eigenvalue weighted by Gasteiger charge is -2.13. The fourth-order valence-corrected chi connectivity index (χ4v) is 3.46. The van der Waals surface area contributed by atoms with Crippen LogP contribution in [0.25, 0.3) is 0 Å². The van der Waals surface area contributed by atoms with Gasteiger partial charge < -0.3 is 16.0 Å². The van der Waals surface area contributed by atoms with E-state index >= 15 is 0 Å². The first kappa shape index (κ1) is 27.4. The molecule has 37 heavy (non-hydrogen) atoms. The molecule has 0 fully saturated rings. The molecule has 0 saturated heterocycles. The number of benzene rings is 2. The number of anilines is 1. The van der Waals surface area contributed by atoms with Gasteiger partial charge in [0.2, 0.25) is 0 Å². The van der Waals surface area contributed by atoms with Crippen LogP contribution >= 0.6 is 12.6 Å². The Labute approximate surface area is 214 Å². The zero-order valence-electron chi connectivity index (χ0n) is 19.2. The number of hydrogen-bond donors (Lipinski definition) is 4. The summed E-state index contributed by atoms with van der Waals surface area (Å²) in [6.45, 7) is 2.32. The van der Waals surface area contributed by atoms with Crippen LogP contribution in [0.5, 0.6) is 0 Å². The molecule has 4 rings (SSSR count). The number of nitrogens with zero attached hydrogens (tertiary/aromatic N) is 3. The highest BCUT2D eigenvalue weighted by Crippen LogP contribution is 2.30. The topological polar surface area (TPSA) is 120 Å². The summed E-state index contributed by atoms with van der Waals surface area (Å²) in [5, 5.41) is 17.8. The zero-order valence-corrected chi connectivity index (χ0v) is 20.1. The number of aryl methyl sites for hydroxylation is 1. The van der Waals surface area contributed by atoms with E-state index < -0.39 is 17.3 Å². The molecule has 192 valence electrons. The van der Waals surface area contributed by atoms with Crippen LogP contribution in [0.4, 0.5) is 23.2 Å². The van der Waals surface area contributed by atoms with Crippen molar-refractivity contribution in [1.82, 2.24) is 20.6 Å². The Morgan fingerprint density at radius 3 is 2.46 bits per heavy atom. The number of carbonyl (C=O) groups excluding carboxylic acids is 2. The lowest BCUT2D eigenvalue weighted by Crippen LogP contribution is -2.31. The van der Waals surface area contributed by atoms with Crippen molar-refractivity contribution in [3.05, 3.63) is 88.3 Å². The van der Waals surface area contributed by atoms with E-state index in [9.17, 15) is 27.2 Å². The van der Waals surface area contributed by atoms with Crippen LogP contribution in [0, 0.1) is 24.1 Å². The molecule has 0 saturated carbocycles. The summed E-state index contributed by atoms with van der Waals surface area (Å²) in [7, 11) is 0. The minimum Gasteiger partial charge on any atom is -0.382 e.